The molecule has 3 N–H and O–H groups in total. The average Bonchev–Trinajstić information content (AvgIpc) is 2.37. The Labute approximate surface area is 107 Å². The average molecular weight is 255 g/mol. The van der Waals surface area contributed by atoms with E-state index < -0.39 is 35.8 Å². The van der Waals surface area contributed by atoms with Gasteiger partial charge >= 0.3 is 5.97 Å². The van der Waals surface area contributed by atoms with Gasteiger partial charge in [0.25, 0.3) is 0 Å². The first-order valence-corrected chi connectivity index (χ1v) is 5.07. The van der Waals surface area contributed by atoms with E-state index >= 15 is 0 Å². The van der Waals surface area contributed by atoms with Crippen molar-refractivity contribution in [2.45, 2.75) is 19.3 Å². The van der Waals surface area contributed by atoms with Crippen LogP contribution in [0.25, 0.3) is 0 Å². The molecule has 98 valence electrons. The van der Waals surface area contributed by atoms with Crippen molar-refractivity contribution >= 4 is 11.9 Å². The monoisotopic (exact) mass is 255 g/mol. The molecule has 1 atom stereocenters. The van der Waals surface area contributed by atoms with Gasteiger partial charge in [0.15, 0.2) is 11.5 Å². The van der Waals surface area contributed by atoms with Crippen molar-refractivity contribution in [2.75, 3.05) is 7.11 Å². The lowest BCUT2D eigenvalue weighted by Gasteiger charge is -2.15. The van der Waals surface area contributed by atoms with Crippen LogP contribution in [0.15, 0.2) is 18.2 Å². The fourth-order valence-corrected chi connectivity index (χ4v) is 1.25. The maximum absolute atomic E-state index is 11.6. The van der Waals surface area contributed by atoms with Crippen molar-refractivity contribution in [1.29, 1.82) is 0 Å². The number of carbonyl (C=O) groups excluding carboxylic acids is 2. The summed E-state index contributed by atoms with van der Waals surface area (Å²) < 4.78 is 20.4. The standard InChI is InChI=1S/C12H15NO5/c1-7(14)13-9(12(17)18-2)5-8-3-4-10(15)11(16)6-8/h3-4,6,9,15-16H,5H2,1-2H3,(H,13,14)/t9-/m0/s1/i5D2. The van der Waals surface area contributed by atoms with Gasteiger partial charge in [-0.05, 0) is 17.7 Å². The van der Waals surface area contributed by atoms with Gasteiger partial charge in [-0.15, -0.1) is 0 Å². The normalized spacial score (nSPS) is 14.1. The number of aromatic hydroxyl groups is 2. The van der Waals surface area contributed by atoms with Gasteiger partial charge < -0.3 is 20.3 Å². The summed E-state index contributed by atoms with van der Waals surface area (Å²) in [5.41, 5.74) is -0.0862. The molecule has 0 aliphatic heterocycles. The van der Waals surface area contributed by atoms with E-state index in [2.05, 4.69) is 10.1 Å². The number of ether oxygens (including phenoxy) is 1. The molecule has 0 saturated carbocycles. The van der Waals surface area contributed by atoms with E-state index in [0.29, 0.717) is 0 Å². The molecule has 0 saturated heterocycles. The number of nitrogens with one attached hydrogen (secondary N) is 1. The molecule has 1 aromatic rings. The van der Waals surface area contributed by atoms with Gasteiger partial charge in [-0.2, -0.15) is 0 Å². The Bertz CT molecular complexity index is 533. The zero-order valence-electron chi connectivity index (χ0n) is 11.9. The molecule has 0 spiro atoms. The first-order valence-electron chi connectivity index (χ1n) is 6.07. The van der Waals surface area contributed by atoms with Crippen molar-refractivity contribution in [1.82, 2.24) is 5.32 Å². The lowest BCUT2D eigenvalue weighted by molar-refractivity contribution is -0.144. The molecule has 18 heavy (non-hydrogen) atoms. The Morgan fingerprint density at radius 3 is 2.61 bits per heavy atom. The van der Waals surface area contributed by atoms with Gasteiger partial charge in [0, 0.05) is 16.0 Å². The maximum Gasteiger partial charge on any atom is 0.328 e. The number of amides is 1. The first-order chi connectivity index (χ1) is 9.20. The van der Waals surface area contributed by atoms with E-state index in [1.807, 2.05) is 0 Å². The molecule has 6 nitrogen and oxygen atoms in total. The quantitative estimate of drug-likeness (QED) is 0.532. The summed E-state index contributed by atoms with van der Waals surface area (Å²) in [6, 6.07) is 1.69. The van der Waals surface area contributed by atoms with E-state index in [9.17, 15) is 19.8 Å². The number of benzene rings is 1. The number of phenolic OH excluding ortho intramolecular Hbond substituents is 2. The van der Waals surface area contributed by atoms with Crippen molar-refractivity contribution < 1.29 is 27.3 Å². The largest absolute Gasteiger partial charge is 0.504 e. The van der Waals surface area contributed by atoms with Gasteiger partial charge in [0.05, 0.1) is 7.11 Å². The van der Waals surface area contributed by atoms with Crippen LogP contribution in [0, 0.1) is 0 Å². The second-order valence-electron chi connectivity index (χ2n) is 3.50. The number of hydrogen-bond donors (Lipinski definition) is 3. The lowest BCUT2D eigenvalue weighted by atomic mass is 10.1. The molecule has 0 unspecified atom stereocenters. The van der Waals surface area contributed by atoms with E-state index in [-0.39, 0.29) is 5.56 Å². The number of esters is 1. The molecule has 1 amide bonds. The molecule has 6 heteroatoms. The van der Waals surface area contributed by atoms with Crippen LogP contribution in [0.5, 0.6) is 11.5 Å². The summed E-state index contributed by atoms with van der Waals surface area (Å²) in [6.45, 7) is 1.14. The van der Waals surface area contributed by atoms with Gasteiger partial charge in [0.1, 0.15) is 6.04 Å². The van der Waals surface area contributed by atoms with Crippen molar-refractivity contribution in [3.8, 4) is 11.5 Å². The summed E-state index contributed by atoms with van der Waals surface area (Å²) in [7, 11) is 1.07. The summed E-state index contributed by atoms with van der Waals surface area (Å²) in [4.78, 5) is 22.7. The number of methoxy groups -OCH3 is 1. The Morgan fingerprint density at radius 2 is 2.11 bits per heavy atom. The van der Waals surface area contributed by atoms with Crippen LogP contribution >= 0.6 is 0 Å². The Hall–Kier alpha value is -2.24. The Balaban J connectivity index is 3.23. The summed E-state index contributed by atoms with van der Waals surface area (Å²) in [6.07, 6.45) is -2.33. The van der Waals surface area contributed by atoms with Crippen molar-refractivity contribution in [3.63, 3.8) is 0 Å². The van der Waals surface area contributed by atoms with Crippen LogP contribution < -0.4 is 5.32 Å². The topological polar surface area (TPSA) is 95.9 Å². The minimum Gasteiger partial charge on any atom is -0.504 e. The minimum absolute atomic E-state index is 0.0862. The Kier molecular flexibility index (Phi) is 3.57. The molecule has 0 aromatic heterocycles. The number of carbonyl (C=O) groups is 2. The van der Waals surface area contributed by atoms with Crippen LogP contribution in [-0.2, 0) is 20.7 Å². The molecule has 0 heterocycles. The predicted molar refractivity (Wildman–Crippen MR) is 63.1 cm³/mol. The number of hydrogen-bond acceptors (Lipinski definition) is 5. The van der Waals surface area contributed by atoms with Crippen LogP contribution in [-0.4, -0.2) is 35.2 Å². The van der Waals surface area contributed by atoms with E-state index in [1.54, 1.807) is 0 Å². The van der Waals surface area contributed by atoms with Gasteiger partial charge in [0.2, 0.25) is 5.91 Å². The van der Waals surface area contributed by atoms with Gasteiger partial charge in [-0.1, -0.05) is 6.07 Å². The smallest absolute Gasteiger partial charge is 0.328 e. The highest BCUT2D eigenvalue weighted by atomic mass is 16.5. The number of phenols is 2. The van der Waals surface area contributed by atoms with Gasteiger partial charge in [-0.25, -0.2) is 4.79 Å². The van der Waals surface area contributed by atoms with Crippen molar-refractivity contribution in [2.24, 2.45) is 0 Å². The molecular formula is C12H15NO5. The molecule has 0 fully saturated rings. The van der Waals surface area contributed by atoms with Crippen LogP contribution in [0.1, 0.15) is 15.2 Å². The third-order valence-corrected chi connectivity index (χ3v) is 2.07. The second kappa shape index (κ2) is 5.90. The van der Waals surface area contributed by atoms with Crippen LogP contribution in [0.2, 0.25) is 0 Å². The molecule has 0 bridgehead atoms. The highest BCUT2D eigenvalue weighted by Crippen LogP contribution is 2.25. The fraction of sp³-hybridized carbons (Fsp3) is 0.333. The second-order valence-corrected chi connectivity index (χ2v) is 3.50. The molecule has 0 radical (unpaired) electrons. The van der Waals surface area contributed by atoms with E-state index in [1.165, 1.54) is 6.07 Å². The number of rotatable bonds is 4. The third-order valence-electron chi connectivity index (χ3n) is 2.07. The van der Waals surface area contributed by atoms with Gasteiger partial charge in [-0.3, -0.25) is 4.79 Å². The summed E-state index contributed by atoms with van der Waals surface area (Å²) >= 11 is 0. The maximum atomic E-state index is 11.6. The molecule has 1 rings (SSSR count). The minimum atomic E-state index is -2.33. The van der Waals surface area contributed by atoms with E-state index in [0.717, 1.165) is 26.2 Å². The third kappa shape index (κ3) is 3.65. The van der Waals surface area contributed by atoms with Crippen LogP contribution in [0.4, 0.5) is 0 Å². The van der Waals surface area contributed by atoms with Crippen molar-refractivity contribution in [3.05, 3.63) is 23.8 Å². The fourth-order valence-electron chi connectivity index (χ4n) is 1.25. The summed E-state index contributed by atoms with van der Waals surface area (Å²) in [5, 5.41) is 20.8. The summed E-state index contributed by atoms with van der Waals surface area (Å²) in [5.74, 6) is -2.51. The molecule has 0 aliphatic carbocycles. The van der Waals surface area contributed by atoms with Crippen LogP contribution in [0.3, 0.4) is 0 Å². The highest BCUT2D eigenvalue weighted by Gasteiger charge is 2.20. The molecule has 0 aliphatic rings. The zero-order valence-corrected chi connectivity index (χ0v) is 9.93. The zero-order chi connectivity index (χ0) is 15.5. The highest BCUT2D eigenvalue weighted by molar-refractivity contribution is 5.83. The predicted octanol–water partition coefficient (Wildman–Crippen LogP) is 0.318. The molecular weight excluding hydrogens is 238 g/mol. The first kappa shape index (κ1) is 10.9. The molecule has 1 aromatic carbocycles. The Morgan fingerprint density at radius 1 is 1.44 bits per heavy atom. The SMILES string of the molecule is [2H]C([2H])(c1ccc(O)c(O)c1)[C@H](NC(C)=O)C(=O)OC. The lowest BCUT2D eigenvalue weighted by Crippen LogP contribution is -2.41. The van der Waals surface area contributed by atoms with E-state index in [4.69, 9.17) is 2.74 Å².